The zero-order valence-corrected chi connectivity index (χ0v) is 12.6. The summed E-state index contributed by atoms with van der Waals surface area (Å²) in [6.45, 7) is 4.29. The minimum atomic E-state index is -0.395. The molecule has 1 saturated heterocycles. The summed E-state index contributed by atoms with van der Waals surface area (Å²) in [6.07, 6.45) is 0.255. The van der Waals surface area contributed by atoms with Gasteiger partial charge in [0.05, 0.1) is 12.5 Å². The normalized spacial score (nSPS) is 19.6. The smallest absolute Gasteiger partial charge is 0.247 e. The Labute approximate surface area is 121 Å². The van der Waals surface area contributed by atoms with Crippen molar-refractivity contribution in [3.8, 4) is 0 Å². The molecule has 1 unspecified atom stereocenters. The number of nitrogens with one attached hydrogen (secondary N) is 1. The van der Waals surface area contributed by atoms with Crippen LogP contribution >= 0.6 is 15.9 Å². The number of carbonyl (C=O) groups is 2. The second kappa shape index (κ2) is 5.84. The molecule has 1 atom stereocenters. The number of likely N-dealkylation sites (tertiary alicyclic amines) is 1. The SMILES string of the molecule is CC(C)N1C(=O)CC(NCc2cccc(Br)c2)C1=O. The fourth-order valence-electron chi connectivity index (χ4n) is 2.24. The van der Waals surface area contributed by atoms with Crippen LogP contribution in [0.4, 0.5) is 0 Å². The van der Waals surface area contributed by atoms with Crippen LogP contribution in [0.25, 0.3) is 0 Å². The lowest BCUT2D eigenvalue weighted by Crippen LogP contribution is -2.41. The van der Waals surface area contributed by atoms with Crippen LogP contribution in [-0.4, -0.2) is 28.8 Å². The highest BCUT2D eigenvalue weighted by Gasteiger charge is 2.39. The van der Waals surface area contributed by atoms with E-state index in [-0.39, 0.29) is 24.3 Å². The number of imide groups is 1. The lowest BCUT2D eigenvalue weighted by Gasteiger charge is -2.19. The maximum absolute atomic E-state index is 12.1. The molecule has 2 amide bonds. The molecule has 1 aliphatic heterocycles. The maximum atomic E-state index is 12.1. The topological polar surface area (TPSA) is 49.4 Å². The molecule has 1 fully saturated rings. The highest BCUT2D eigenvalue weighted by molar-refractivity contribution is 9.10. The molecule has 1 aromatic rings. The summed E-state index contributed by atoms with van der Waals surface area (Å²) in [5.74, 6) is -0.207. The van der Waals surface area contributed by atoms with Crippen molar-refractivity contribution in [2.24, 2.45) is 0 Å². The molecule has 0 saturated carbocycles. The summed E-state index contributed by atoms with van der Waals surface area (Å²) >= 11 is 3.41. The molecule has 1 aromatic carbocycles. The van der Waals surface area contributed by atoms with Crippen LogP contribution in [0.5, 0.6) is 0 Å². The van der Waals surface area contributed by atoms with Crippen molar-refractivity contribution in [3.63, 3.8) is 0 Å². The first-order valence-electron chi connectivity index (χ1n) is 6.32. The molecule has 1 heterocycles. The number of carbonyl (C=O) groups excluding carboxylic acids is 2. The Kier molecular flexibility index (Phi) is 4.37. The van der Waals surface area contributed by atoms with Crippen molar-refractivity contribution >= 4 is 27.7 Å². The van der Waals surface area contributed by atoms with Crippen LogP contribution in [0.15, 0.2) is 28.7 Å². The van der Waals surface area contributed by atoms with Gasteiger partial charge in [-0.15, -0.1) is 0 Å². The predicted octanol–water partition coefficient (Wildman–Crippen LogP) is 2.07. The van der Waals surface area contributed by atoms with Crippen molar-refractivity contribution in [1.29, 1.82) is 0 Å². The van der Waals surface area contributed by atoms with Gasteiger partial charge in [-0.3, -0.25) is 14.5 Å². The summed E-state index contributed by atoms with van der Waals surface area (Å²) in [4.78, 5) is 25.2. The largest absolute Gasteiger partial charge is 0.301 e. The Morgan fingerprint density at radius 2 is 2.16 bits per heavy atom. The fourth-order valence-corrected chi connectivity index (χ4v) is 2.69. The molecule has 1 N–H and O–H groups in total. The molecule has 0 aromatic heterocycles. The zero-order chi connectivity index (χ0) is 14.0. The lowest BCUT2D eigenvalue weighted by molar-refractivity contribution is -0.140. The average Bonchev–Trinajstić information content (AvgIpc) is 2.62. The molecular formula is C14H17BrN2O2. The molecule has 2 rings (SSSR count). The summed E-state index contributed by atoms with van der Waals surface area (Å²) in [5, 5.41) is 3.16. The van der Waals surface area contributed by atoms with E-state index >= 15 is 0 Å². The number of amides is 2. The second-order valence-corrected chi connectivity index (χ2v) is 5.88. The third kappa shape index (κ3) is 3.22. The van der Waals surface area contributed by atoms with E-state index in [1.807, 2.05) is 38.1 Å². The maximum Gasteiger partial charge on any atom is 0.247 e. The van der Waals surface area contributed by atoms with Crippen molar-refractivity contribution in [2.45, 2.75) is 38.9 Å². The van der Waals surface area contributed by atoms with Gasteiger partial charge in [0.2, 0.25) is 11.8 Å². The first-order valence-corrected chi connectivity index (χ1v) is 7.12. The minimum absolute atomic E-state index is 0.0716. The second-order valence-electron chi connectivity index (χ2n) is 4.96. The van der Waals surface area contributed by atoms with Crippen LogP contribution < -0.4 is 5.32 Å². The van der Waals surface area contributed by atoms with Crippen LogP contribution in [0.2, 0.25) is 0 Å². The van der Waals surface area contributed by atoms with Crippen LogP contribution in [0, 0.1) is 0 Å². The van der Waals surface area contributed by atoms with Gasteiger partial charge in [-0.1, -0.05) is 28.1 Å². The van der Waals surface area contributed by atoms with Gasteiger partial charge in [0.15, 0.2) is 0 Å². The molecule has 0 spiro atoms. The number of halogens is 1. The quantitative estimate of drug-likeness (QED) is 0.863. The standard InChI is InChI=1S/C14H17BrN2O2/c1-9(2)17-13(18)7-12(14(17)19)16-8-10-4-3-5-11(15)6-10/h3-6,9,12,16H,7-8H2,1-2H3. The highest BCUT2D eigenvalue weighted by Crippen LogP contribution is 2.17. The summed E-state index contributed by atoms with van der Waals surface area (Å²) < 4.78 is 1.00. The summed E-state index contributed by atoms with van der Waals surface area (Å²) in [6, 6.07) is 7.41. The van der Waals surface area contributed by atoms with Gasteiger partial charge in [-0.25, -0.2) is 0 Å². The Morgan fingerprint density at radius 1 is 1.42 bits per heavy atom. The van der Waals surface area contributed by atoms with Crippen molar-refractivity contribution in [1.82, 2.24) is 10.2 Å². The highest BCUT2D eigenvalue weighted by atomic mass is 79.9. The molecule has 102 valence electrons. The van der Waals surface area contributed by atoms with E-state index in [2.05, 4.69) is 21.2 Å². The first-order chi connectivity index (χ1) is 8.99. The molecule has 0 bridgehead atoms. The summed E-state index contributed by atoms with van der Waals surface area (Å²) in [7, 11) is 0. The van der Waals surface area contributed by atoms with Gasteiger partial charge in [0.1, 0.15) is 0 Å². The number of hydrogen-bond donors (Lipinski definition) is 1. The van der Waals surface area contributed by atoms with E-state index in [0.717, 1.165) is 10.0 Å². The zero-order valence-electron chi connectivity index (χ0n) is 11.0. The summed E-state index contributed by atoms with van der Waals surface area (Å²) in [5.41, 5.74) is 1.08. The van der Waals surface area contributed by atoms with Crippen LogP contribution in [0.1, 0.15) is 25.8 Å². The van der Waals surface area contributed by atoms with E-state index in [4.69, 9.17) is 0 Å². The van der Waals surface area contributed by atoms with Gasteiger partial charge in [0, 0.05) is 17.1 Å². The monoisotopic (exact) mass is 324 g/mol. The molecular weight excluding hydrogens is 308 g/mol. The Balaban J connectivity index is 1.98. The molecule has 1 aliphatic rings. The minimum Gasteiger partial charge on any atom is -0.301 e. The Bertz CT molecular complexity index is 502. The van der Waals surface area contributed by atoms with Gasteiger partial charge >= 0.3 is 0 Å². The number of nitrogens with zero attached hydrogens (tertiary/aromatic N) is 1. The molecule has 5 heteroatoms. The van der Waals surface area contributed by atoms with Crippen molar-refractivity contribution in [2.75, 3.05) is 0 Å². The molecule has 4 nitrogen and oxygen atoms in total. The van der Waals surface area contributed by atoms with Gasteiger partial charge in [-0.05, 0) is 31.5 Å². The predicted molar refractivity (Wildman–Crippen MR) is 76.4 cm³/mol. The van der Waals surface area contributed by atoms with Gasteiger partial charge in [0.25, 0.3) is 0 Å². The molecule has 0 radical (unpaired) electrons. The van der Waals surface area contributed by atoms with Crippen LogP contribution in [0.3, 0.4) is 0 Å². The molecule has 19 heavy (non-hydrogen) atoms. The van der Waals surface area contributed by atoms with Gasteiger partial charge < -0.3 is 5.32 Å². The number of hydrogen-bond acceptors (Lipinski definition) is 3. The first kappa shape index (κ1) is 14.2. The number of benzene rings is 1. The average molecular weight is 325 g/mol. The van der Waals surface area contributed by atoms with Crippen molar-refractivity contribution < 1.29 is 9.59 Å². The lowest BCUT2D eigenvalue weighted by atomic mass is 10.2. The van der Waals surface area contributed by atoms with E-state index in [0.29, 0.717) is 6.54 Å². The Hall–Kier alpha value is -1.20. The third-order valence-electron chi connectivity index (χ3n) is 3.14. The Morgan fingerprint density at radius 3 is 2.74 bits per heavy atom. The van der Waals surface area contributed by atoms with E-state index in [9.17, 15) is 9.59 Å². The van der Waals surface area contributed by atoms with Crippen LogP contribution in [-0.2, 0) is 16.1 Å². The molecule has 0 aliphatic carbocycles. The van der Waals surface area contributed by atoms with E-state index in [1.165, 1.54) is 4.90 Å². The van der Waals surface area contributed by atoms with Crippen molar-refractivity contribution in [3.05, 3.63) is 34.3 Å². The number of rotatable bonds is 4. The fraction of sp³-hybridized carbons (Fsp3) is 0.429. The van der Waals surface area contributed by atoms with Gasteiger partial charge in [-0.2, -0.15) is 0 Å². The van der Waals surface area contributed by atoms with E-state index in [1.54, 1.807) is 0 Å². The third-order valence-corrected chi connectivity index (χ3v) is 3.63. The van der Waals surface area contributed by atoms with E-state index < -0.39 is 6.04 Å².